The summed E-state index contributed by atoms with van der Waals surface area (Å²) in [6.07, 6.45) is 4.53. The molecule has 0 amide bonds. The third kappa shape index (κ3) is 2.80. The van der Waals surface area contributed by atoms with Crippen LogP contribution in [0.25, 0.3) is 0 Å². The number of hydrogen-bond acceptors (Lipinski definition) is 4. The molecule has 90 valence electrons. The molecule has 5 heteroatoms. The van der Waals surface area contributed by atoms with Crippen molar-refractivity contribution >= 4 is 0 Å². The summed E-state index contributed by atoms with van der Waals surface area (Å²) >= 11 is 0. The van der Waals surface area contributed by atoms with E-state index in [1.54, 1.807) is 0 Å². The van der Waals surface area contributed by atoms with Gasteiger partial charge in [-0.1, -0.05) is 5.21 Å². The normalized spacial score (nSPS) is 19.1. The molecule has 0 bridgehead atoms. The van der Waals surface area contributed by atoms with Crippen molar-refractivity contribution in [2.45, 2.75) is 32.4 Å². The van der Waals surface area contributed by atoms with Gasteiger partial charge in [-0.15, -0.1) is 5.10 Å². The number of aromatic nitrogens is 3. The molecule has 1 fully saturated rings. The summed E-state index contributed by atoms with van der Waals surface area (Å²) in [5.41, 5.74) is 1.13. The highest BCUT2D eigenvalue weighted by Crippen LogP contribution is 2.10. The number of likely N-dealkylation sites (tertiary alicyclic amines) is 1. The third-order valence-corrected chi connectivity index (χ3v) is 3.32. The molecule has 2 rings (SSSR count). The lowest BCUT2D eigenvalue weighted by molar-refractivity contribution is 0.251. The van der Waals surface area contributed by atoms with Gasteiger partial charge in [0.1, 0.15) is 0 Å². The van der Waals surface area contributed by atoms with Crippen LogP contribution in [0.4, 0.5) is 0 Å². The molecular weight excluding hydrogens is 202 g/mol. The molecule has 0 spiro atoms. The van der Waals surface area contributed by atoms with Crippen LogP contribution >= 0.6 is 0 Å². The van der Waals surface area contributed by atoms with Crippen molar-refractivity contribution in [1.29, 1.82) is 0 Å². The summed E-state index contributed by atoms with van der Waals surface area (Å²) in [5, 5.41) is 11.2. The van der Waals surface area contributed by atoms with Gasteiger partial charge in [-0.25, -0.2) is 0 Å². The quantitative estimate of drug-likeness (QED) is 0.784. The Morgan fingerprint density at radius 1 is 1.44 bits per heavy atom. The minimum absolute atomic E-state index is 0.628. The first-order chi connectivity index (χ1) is 7.77. The minimum atomic E-state index is 0.628. The van der Waals surface area contributed by atoms with Crippen LogP contribution in [0, 0.1) is 0 Å². The summed E-state index contributed by atoms with van der Waals surface area (Å²) in [6, 6.07) is 0.628. The zero-order chi connectivity index (χ0) is 11.4. The van der Waals surface area contributed by atoms with Crippen LogP contribution in [-0.2, 0) is 13.6 Å². The second kappa shape index (κ2) is 5.41. The molecule has 0 aromatic carbocycles. The molecule has 1 saturated heterocycles. The van der Waals surface area contributed by atoms with Crippen molar-refractivity contribution in [1.82, 2.24) is 25.2 Å². The lowest BCUT2D eigenvalue weighted by Gasteiger charge is -2.23. The van der Waals surface area contributed by atoms with Gasteiger partial charge >= 0.3 is 0 Å². The Balaban J connectivity index is 1.69. The third-order valence-electron chi connectivity index (χ3n) is 3.32. The average Bonchev–Trinajstić information content (AvgIpc) is 2.90. The first-order valence-electron chi connectivity index (χ1n) is 6.05. The van der Waals surface area contributed by atoms with Crippen LogP contribution in [0.2, 0.25) is 0 Å². The summed E-state index contributed by atoms with van der Waals surface area (Å²) in [6.45, 7) is 6.69. The van der Waals surface area contributed by atoms with Gasteiger partial charge in [-0.05, 0) is 32.9 Å². The van der Waals surface area contributed by atoms with Gasteiger partial charge in [0.05, 0.1) is 11.9 Å². The first-order valence-corrected chi connectivity index (χ1v) is 6.05. The van der Waals surface area contributed by atoms with E-state index in [2.05, 4.69) is 27.5 Å². The van der Waals surface area contributed by atoms with E-state index in [0.717, 1.165) is 18.8 Å². The molecule has 2 heterocycles. The van der Waals surface area contributed by atoms with Gasteiger partial charge in [-0.3, -0.25) is 9.58 Å². The van der Waals surface area contributed by atoms with Gasteiger partial charge in [0.15, 0.2) is 0 Å². The van der Waals surface area contributed by atoms with Crippen molar-refractivity contribution in [2.75, 3.05) is 19.6 Å². The highest BCUT2D eigenvalue weighted by Gasteiger charge is 2.17. The van der Waals surface area contributed by atoms with Gasteiger partial charge in [0.25, 0.3) is 0 Å². The Hall–Kier alpha value is -0.940. The molecule has 1 N–H and O–H groups in total. The SMILES string of the molecule is CC(CNCc1cnnn1C)N1CCCC1. The van der Waals surface area contributed by atoms with Crippen molar-refractivity contribution in [3.05, 3.63) is 11.9 Å². The summed E-state index contributed by atoms with van der Waals surface area (Å²) < 4.78 is 1.81. The molecule has 1 aliphatic heterocycles. The Labute approximate surface area is 96.8 Å². The lowest BCUT2D eigenvalue weighted by atomic mass is 10.3. The van der Waals surface area contributed by atoms with Crippen LogP contribution in [0.15, 0.2) is 6.20 Å². The zero-order valence-corrected chi connectivity index (χ0v) is 10.2. The number of aryl methyl sites for hydroxylation is 1. The first kappa shape index (κ1) is 11.5. The predicted octanol–water partition coefficient (Wildman–Crippen LogP) is 0.389. The molecule has 16 heavy (non-hydrogen) atoms. The van der Waals surface area contributed by atoms with Gasteiger partial charge < -0.3 is 5.32 Å². The molecular formula is C11H21N5. The van der Waals surface area contributed by atoms with Crippen molar-refractivity contribution in [3.8, 4) is 0 Å². The molecule has 0 saturated carbocycles. The Morgan fingerprint density at radius 2 is 2.19 bits per heavy atom. The topological polar surface area (TPSA) is 46.0 Å². The fourth-order valence-electron chi connectivity index (χ4n) is 2.19. The summed E-state index contributed by atoms with van der Waals surface area (Å²) in [4.78, 5) is 2.55. The van der Waals surface area contributed by atoms with Crippen molar-refractivity contribution in [3.63, 3.8) is 0 Å². The van der Waals surface area contributed by atoms with E-state index in [-0.39, 0.29) is 0 Å². The molecule has 5 nitrogen and oxygen atoms in total. The predicted molar refractivity (Wildman–Crippen MR) is 63.0 cm³/mol. The van der Waals surface area contributed by atoms with Gasteiger partial charge in [0, 0.05) is 26.2 Å². The molecule has 1 aliphatic rings. The minimum Gasteiger partial charge on any atom is -0.310 e. The Bertz CT molecular complexity index is 316. The maximum atomic E-state index is 3.91. The molecule has 1 atom stereocenters. The number of nitrogens with zero attached hydrogens (tertiary/aromatic N) is 4. The molecule has 0 aliphatic carbocycles. The van der Waals surface area contributed by atoms with Crippen LogP contribution in [0.3, 0.4) is 0 Å². The monoisotopic (exact) mass is 223 g/mol. The average molecular weight is 223 g/mol. The van der Waals surface area contributed by atoms with E-state index in [0.29, 0.717) is 6.04 Å². The maximum absolute atomic E-state index is 3.91. The summed E-state index contributed by atoms with van der Waals surface area (Å²) in [7, 11) is 1.92. The second-order valence-corrected chi connectivity index (χ2v) is 4.57. The van der Waals surface area contributed by atoms with Gasteiger partial charge in [-0.2, -0.15) is 0 Å². The van der Waals surface area contributed by atoms with E-state index in [1.165, 1.54) is 25.9 Å². The van der Waals surface area contributed by atoms with E-state index in [9.17, 15) is 0 Å². The second-order valence-electron chi connectivity index (χ2n) is 4.57. The van der Waals surface area contributed by atoms with Crippen LogP contribution in [-0.4, -0.2) is 45.6 Å². The van der Waals surface area contributed by atoms with Crippen molar-refractivity contribution in [2.24, 2.45) is 7.05 Å². The fraction of sp³-hybridized carbons (Fsp3) is 0.818. The molecule has 1 aromatic rings. The number of rotatable bonds is 5. The maximum Gasteiger partial charge on any atom is 0.0738 e. The Kier molecular flexibility index (Phi) is 3.90. The largest absolute Gasteiger partial charge is 0.310 e. The highest BCUT2D eigenvalue weighted by molar-refractivity contribution is 4.92. The van der Waals surface area contributed by atoms with E-state index in [4.69, 9.17) is 0 Å². The van der Waals surface area contributed by atoms with Crippen LogP contribution in [0.1, 0.15) is 25.5 Å². The number of nitrogens with one attached hydrogen (secondary N) is 1. The molecule has 0 radical (unpaired) electrons. The van der Waals surface area contributed by atoms with Crippen LogP contribution < -0.4 is 5.32 Å². The van der Waals surface area contributed by atoms with Crippen molar-refractivity contribution < 1.29 is 0 Å². The molecule has 1 aromatic heterocycles. The van der Waals surface area contributed by atoms with E-state index < -0.39 is 0 Å². The Morgan fingerprint density at radius 3 is 2.81 bits per heavy atom. The lowest BCUT2D eigenvalue weighted by Crippen LogP contribution is -2.38. The summed E-state index contributed by atoms with van der Waals surface area (Å²) in [5.74, 6) is 0. The van der Waals surface area contributed by atoms with E-state index >= 15 is 0 Å². The van der Waals surface area contributed by atoms with Crippen LogP contribution in [0.5, 0.6) is 0 Å². The molecule has 1 unspecified atom stereocenters. The fourth-order valence-corrected chi connectivity index (χ4v) is 2.19. The number of hydrogen-bond donors (Lipinski definition) is 1. The van der Waals surface area contributed by atoms with Gasteiger partial charge in [0.2, 0.25) is 0 Å². The smallest absolute Gasteiger partial charge is 0.0738 e. The standard InChI is InChI=1S/C11H21N5/c1-10(16-5-3-4-6-16)7-12-8-11-9-13-14-15(11)2/h9-10,12H,3-8H2,1-2H3. The zero-order valence-electron chi connectivity index (χ0n) is 10.2. The van der Waals surface area contributed by atoms with E-state index in [1.807, 2.05) is 17.9 Å². The highest BCUT2D eigenvalue weighted by atomic mass is 15.4.